The summed E-state index contributed by atoms with van der Waals surface area (Å²) in [5.74, 6) is -1.36. The van der Waals surface area contributed by atoms with Crippen molar-refractivity contribution in [2.75, 3.05) is 39.6 Å². The van der Waals surface area contributed by atoms with E-state index in [9.17, 15) is 43.2 Å². The highest BCUT2D eigenvalue weighted by Gasteiger charge is 2.30. The number of aliphatic hydroxyl groups excluding tert-OH is 1. The Kier molecular flexibility index (Phi) is 78.3. The van der Waals surface area contributed by atoms with Crippen molar-refractivity contribution in [1.29, 1.82) is 0 Å². The van der Waals surface area contributed by atoms with Crippen LogP contribution in [0.15, 0.2) is 24.3 Å². The van der Waals surface area contributed by atoms with Gasteiger partial charge in [0.1, 0.15) is 19.3 Å². The maximum atomic E-state index is 13.2. The Labute approximate surface area is 656 Å². The van der Waals surface area contributed by atoms with Gasteiger partial charge in [0.25, 0.3) is 0 Å². The molecule has 0 radical (unpaired) electrons. The summed E-state index contributed by atoms with van der Waals surface area (Å²) in [7, 11) is -9.94. The molecule has 6 atom stereocenters. The molecule has 0 spiro atoms. The predicted octanol–water partition coefficient (Wildman–Crippen LogP) is 26.7. The van der Waals surface area contributed by atoms with Crippen molar-refractivity contribution in [3.8, 4) is 0 Å². The number of phosphoric ester groups is 2. The van der Waals surface area contributed by atoms with Crippen molar-refractivity contribution >= 4 is 39.5 Å². The fourth-order valence-corrected chi connectivity index (χ4v) is 14.8. The van der Waals surface area contributed by atoms with E-state index >= 15 is 0 Å². The van der Waals surface area contributed by atoms with E-state index in [-0.39, 0.29) is 25.7 Å². The van der Waals surface area contributed by atoms with Crippen molar-refractivity contribution in [1.82, 2.24) is 0 Å². The number of carbonyl (C=O) groups is 4. The second kappa shape index (κ2) is 80.2. The third-order valence-corrected chi connectivity index (χ3v) is 22.4. The van der Waals surface area contributed by atoms with Gasteiger partial charge < -0.3 is 33.8 Å². The first-order valence-electron chi connectivity index (χ1n) is 45.0. The molecule has 0 rings (SSSR count). The first-order valence-corrected chi connectivity index (χ1v) is 48.0. The maximum absolute atomic E-state index is 13.2. The summed E-state index contributed by atoms with van der Waals surface area (Å²) in [4.78, 5) is 73.3. The largest absolute Gasteiger partial charge is 0.472 e. The van der Waals surface area contributed by atoms with Crippen molar-refractivity contribution < 1.29 is 80.2 Å². The number of esters is 4. The number of hydrogen-bond acceptors (Lipinski definition) is 15. The van der Waals surface area contributed by atoms with Crippen LogP contribution in [0.3, 0.4) is 0 Å². The van der Waals surface area contributed by atoms with Gasteiger partial charge in [-0.3, -0.25) is 37.3 Å². The van der Waals surface area contributed by atoms with Crippen LogP contribution in [0.4, 0.5) is 0 Å². The number of hydrogen-bond donors (Lipinski definition) is 3. The number of unbranched alkanes of at least 4 members (excludes halogenated alkanes) is 54. The number of ether oxygens (including phenoxy) is 4. The van der Waals surface area contributed by atoms with E-state index in [1.807, 2.05) is 0 Å². The summed E-state index contributed by atoms with van der Waals surface area (Å²) in [5, 5.41) is 10.7. The van der Waals surface area contributed by atoms with Gasteiger partial charge in [-0.15, -0.1) is 0 Å². The van der Waals surface area contributed by atoms with Crippen molar-refractivity contribution in [2.24, 2.45) is 5.92 Å². The quantitative estimate of drug-likeness (QED) is 0.0169. The summed E-state index contributed by atoms with van der Waals surface area (Å²) < 4.78 is 68.9. The zero-order valence-corrected chi connectivity index (χ0v) is 71.6. The molecule has 0 aromatic carbocycles. The van der Waals surface area contributed by atoms with Crippen molar-refractivity contribution in [3.05, 3.63) is 24.3 Å². The third kappa shape index (κ3) is 80.0. The van der Waals surface area contributed by atoms with Crippen LogP contribution in [-0.2, 0) is 65.4 Å². The standard InChI is InChI=1S/C88H168O17P2/c1-6-10-13-16-19-22-25-28-31-33-35-36-37-38-40-43-46-49-52-59-64-69-74-87(92)104-83(77-98-85(90)71-66-61-56-50-47-44-42-39-34-32-29-26-23-20-17-14-11-7-2)79-102-106(94,95)100-75-82(89)76-101-107(96,97)103-80-84(78-99-86(91)72-67-62-57-54-53-55-60-65-70-81(5)9-4)105-88(93)73-68-63-58-51-48-45-41-30-27-24-21-18-15-12-8-3/h24,27,30,41,81-84,89H,6-23,25-26,28-29,31-40,42-80H2,1-5H3,(H,94,95)(H,96,97)/b27-24-,41-30-/t81?,82-,83-,84-/m1/s1. The van der Waals surface area contributed by atoms with E-state index in [4.69, 9.17) is 37.0 Å². The van der Waals surface area contributed by atoms with Crippen molar-refractivity contribution in [3.63, 3.8) is 0 Å². The lowest BCUT2D eigenvalue weighted by atomic mass is 9.99. The Morgan fingerprint density at radius 2 is 0.523 bits per heavy atom. The Hall–Kier alpha value is -2.46. The molecule has 0 heterocycles. The van der Waals surface area contributed by atoms with E-state index in [2.05, 4.69) is 58.9 Å². The van der Waals surface area contributed by atoms with Gasteiger partial charge in [-0.1, -0.05) is 399 Å². The van der Waals surface area contributed by atoms with Crippen LogP contribution in [-0.4, -0.2) is 96.7 Å². The fourth-order valence-electron chi connectivity index (χ4n) is 13.3. The SMILES string of the molecule is CCCCCC/C=C\C=C/CCCCCCCC(=O)O[C@H](COC(=O)CCCCCCCCCCC(C)CC)COP(=O)(O)OC[C@H](O)COP(=O)(O)OC[C@@H](COC(=O)CCCCCCCCCCCCCCCCCCCC)OC(=O)CCCCCCCCCCCCCCCCCCCCCCCC. The highest BCUT2D eigenvalue weighted by molar-refractivity contribution is 7.47. The molecule has 0 saturated carbocycles. The Morgan fingerprint density at radius 3 is 0.794 bits per heavy atom. The first-order chi connectivity index (χ1) is 52.1. The highest BCUT2D eigenvalue weighted by atomic mass is 31.2. The zero-order chi connectivity index (χ0) is 78.3. The van der Waals surface area contributed by atoms with Gasteiger partial charge in [0.2, 0.25) is 0 Å². The molecule has 0 aliphatic heterocycles. The van der Waals surface area contributed by atoms with Crippen LogP contribution >= 0.6 is 15.6 Å². The Morgan fingerprint density at radius 1 is 0.299 bits per heavy atom. The molecule has 0 aliphatic rings. The van der Waals surface area contributed by atoms with Crippen molar-refractivity contribution in [2.45, 2.75) is 470 Å². The predicted molar refractivity (Wildman–Crippen MR) is 441 cm³/mol. The molecular formula is C88H168O17P2. The highest BCUT2D eigenvalue weighted by Crippen LogP contribution is 2.45. The molecule has 0 aliphatic carbocycles. The van der Waals surface area contributed by atoms with Gasteiger partial charge in [-0.05, 0) is 57.3 Å². The molecular weight excluding hydrogens is 1390 g/mol. The van der Waals surface area contributed by atoms with Crippen LogP contribution in [0.25, 0.3) is 0 Å². The third-order valence-electron chi connectivity index (χ3n) is 20.5. The topological polar surface area (TPSA) is 237 Å². The molecule has 0 fully saturated rings. The molecule has 3 unspecified atom stereocenters. The summed E-state index contributed by atoms with van der Waals surface area (Å²) >= 11 is 0. The smallest absolute Gasteiger partial charge is 0.462 e. The molecule has 0 saturated heterocycles. The number of allylic oxidation sites excluding steroid dienone is 4. The normalized spacial score (nSPS) is 14.1. The molecule has 107 heavy (non-hydrogen) atoms. The van der Waals surface area contributed by atoms with Crippen LogP contribution in [0.5, 0.6) is 0 Å². The summed E-state index contributed by atoms with van der Waals surface area (Å²) in [6, 6.07) is 0. The van der Waals surface area contributed by atoms with E-state index in [0.717, 1.165) is 109 Å². The molecule has 19 heteroatoms. The fraction of sp³-hybridized carbons (Fsp3) is 0.909. The minimum atomic E-state index is -4.97. The second-order valence-corrected chi connectivity index (χ2v) is 34.1. The van der Waals surface area contributed by atoms with Gasteiger partial charge in [-0.2, -0.15) is 0 Å². The van der Waals surface area contributed by atoms with Gasteiger partial charge in [-0.25, -0.2) is 9.13 Å². The van der Waals surface area contributed by atoms with E-state index in [1.54, 1.807) is 0 Å². The number of aliphatic hydroxyl groups is 1. The van der Waals surface area contributed by atoms with Gasteiger partial charge in [0.05, 0.1) is 26.4 Å². The van der Waals surface area contributed by atoms with Crippen LogP contribution < -0.4 is 0 Å². The van der Waals surface area contributed by atoms with E-state index in [1.165, 1.54) is 263 Å². The molecule has 0 amide bonds. The molecule has 632 valence electrons. The molecule has 3 N–H and O–H groups in total. The monoisotopic (exact) mass is 1560 g/mol. The Bertz CT molecular complexity index is 2130. The average Bonchev–Trinajstić information content (AvgIpc) is 0.900. The number of phosphoric acid groups is 2. The molecule has 0 aromatic heterocycles. The first kappa shape index (κ1) is 105. The number of rotatable bonds is 86. The Balaban J connectivity index is 5.27. The summed E-state index contributed by atoms with van der Waals surface area (Å²) in [6.45, 7) is 7.30. The lowest BCUT2D eigenvalue weighted by Gasteiger charge is -2.21. The molecule has 0 bridgehead atoms. The lowest BCUT2D eigenvalue weighted by molar-refractivity contribution is -0.161. The van der Waals surface area contributed by atoms with Gasteiger partial charge in [0.15, 0.2) is 12.2 Å². The summed E-state index contributed by atoms with van der Waals surface area (Å²) in [5.41, 5.74) is 0. The maximum Gasteiger partial charge on any atom is 0.472 e. The summed E-state index contributed by atoms with van der Waals surface area (Å²) in [6.07, 6.45) is 77.2. The number of carbonyl (C=O) groups excluding carboxylic acids is 4. The van der Waals surface area contributed by atoms with Gasteiger partial charge in [0, 0.05) is 25.7 Å². The minimum Gasteiger partial charge on any atom is -0.462 e. The van der Waals surface area contributed by atoms with E-state index in [0.29, 0.717) is 25.7 Å². The van der Waals surface area contributed by atoms with Crippen LogP contribution in [0.1, 0.15) is 452 Å². The second-order valence-electron chi connectivity index (χ2n) is 31.2. The minimum absolute atomic E-state index is 0.0851. The van der Waals surface area contributed by atoms with Gasteiger partial charge >= 0.3 is 39.5 Å². The zero-order valence-electron chi connectivity index (χ0n) is 69.8. The average molecular weight is 1560 g/mol. The van der Waals surface area contributed by atoms with E-state index < -0.39 is 97.5 Å². The molecule has 0 aromatic rings. The van der Waals surface area contributed by atoms with Crippen LogP contribution in [0.2, 0.25) is 0 Å². The van der Waals surface area contributed by atoms with Crippen LogP contribution in [0, 0.1) is 5.92 Å². The lowest BCUT2D eigenvalue weighted by Crippen LogP contribution is -2.30. The molecule has 17 nitrogen and oxygen atoms in total.